The number of hydrogen-bond acceptors (Lipinski definition) is 4. The molecule has 5 nitrogen and oxygen atoms in total. The number of aryl methyl sites for hydroxylation is 2. The Labute approximate surface area is 257 Å². The first-order valence-electron chi connectivity index (χ1n) is 15.8. The first-order chi connectivity index (χ1) is 19.9. The van der Waals surface area contributed by atoms with Crippen molar-refractivity contribution in [2.75, 3.05) is 52.4 Å². The molecule has 2 heterocycles. The summed E-state index contributed by atoms with van der Waals surface area (Å²) in [6, 6.07) is 13.2. The molecule has 7 heteroatoms. The molecule has 1 aliphatic carbocycles. The van der Waals surface area contributed by atoms with Gasteiger partial charge in [0.25, 0.3) is 0 Å². The number of ether oxygens (including phenoxy) is 1. The second-order valence-electron chi connectivity index (χ2n) is 12.2. The second-order valence-corrected chi connectivity index (χ2v) is 13.1. The van der Waals surface area contributed by atoms with Crippen molar-refractivity contribution in [3.05, 3.63) is 68.7 Å². The van der Waals surface area contributed by atoms with E-state index < -0.39 is 5.60 Å². The molecular weight excluding hydrogens is 553 g/mol. The van der Waals surface area contributed by atoms with Crippen LogP contribution in [0.2, 0.25) is 10.0 Å². The molecule has 2 aliphatic heterocycles. The Morgan fingerprint density at radius 2 is 1.56 bits per heavy atom. The van der Waals surface area contributed by atoms with Crippen LogP contribution in [0.25, 0.3) is 0 Å². The monoisotopic (exact) mass is 599 g/mol. The molecule has 3 fully saturated rings. The molecule has 5 rings (SSSR count). The van der Waals surface area contributed by atoms with E-state index in [0.717, 1.165) is 69.2 Å². The summed E-state index contributed by atoms with van der Waals surface area (Å²) >= 11 is 12.8. The molecule has 3 aliphatic rings. The van der Waals surface area contributed by atoms with Crippen molar-refractivity contribution in [1.82, 2.24) is 14.7 Å². The first-order valence-corrected chi connectivity index (χ1v) is 16.6. The van der Waals surface area contributed by atoms with Gasteiger partial charge in [-0.25, -0.2) is 0 Å². The van der Waals surface area contributed by atoms with E-state index >= 15 is 0 Å². The van der Waals surface area contributed by atoms with Crippen molar-refractivity contribution in [3.63, 3.8) is 0 Å². The van der Waals surface area contributed by atoms with E-state index in [0.29, 0.717) is 36.2 Å². The molecule has 0 aromatic heterocycles. The minimum absolute atomic E-state index is 0.161. The van der Waals surface area contributed by atoms with Crippen molar-refractivity contribution >= 4 is 29.1 Å². The molecule has 2 saturated heterocycles. The Hall–Kier alpha value is -1.63. The van der Waals surface area contributed by atoms with Gasteiger partial charge in [0.1, 0.15) is 5.60 Å². The highest BCUT2D eigenvalue weighted by Crippen LogP contribution is 2.37. The van der Waals surface area contributed by atoms with Crippen LogP contribution in [0.1, 0.15) is 74.6 Å². The minimum atomic E-state index is -0.609. The smallest absolute Gasteiger partial charge is 0.227 e. The maximum atomic E-state index is 13.7. The van der Waals surface area contributed by atoms with Crippen LogP contribution in [-0.4, -0.2) is 79.1 Å². The number of rotatable bonds is 9. The quantitative estimate of drug-likeness (QED) is 0.319. The summed E-state index contributed by atoms with van der Waals surface area (Å²) in [5.74, 6) is 0.161. The average Bonchev–Trinajstić information content (AvgIpc) is 3.02. The molecular formula is C34H47Cl2N3O2. The largest absolute Gasteiger partial charge is 0.367 e. The Morgan fingerprint density at radius 3 is 2.22 bits per heavy atom. The molecule has 0 N–H and O–H groups in total. The standard InChI is InChI=1S/C34H47Cl2N3O2/c1-3-26-20-27(4-2)22-28(21-26)23-33(40)39-18-19-41-34(25-39,29-10-11-31(35)32(36)24-29)12-13-37-14-16-38(17-15-37)30-8-6-5-7-9-30/h10-11,20-22,24,30H,3-9,12-19,23,25H2,1-2H3. The van der Waals surface area contributed by atoms with Crippen molar-refractivity contribution < 1.29 is 9.53 Å². The number of morpholine rings is 1. The van der Waals surface area contributed by atoms with Crippen LogP contribution in [0, 0.1) is 0 Å². The molecule has 0 bridgehead atoms. The predicted octanol–water partition coefficient (Wildman–Crippen LogP) is 6.76. The van der Waals surface area contributed by atoms with Crippen LogP contribution in [0.15, 0.2) is 36.4 Å². The first kappa shape index (κ1) is 30.8. The number of halogens is 2. The summed E-state index contributed by atoms with van der Waals surface area (Å²) in [4.78, 5) is 21.0. The third-order valence-electron chi connectivity index (χ3n) is 9.60. The number of amides is 1. The lowest BCUT2D eigenvalue weighted by Gasteiger charge is -2.45. The van der Waals surface area contributed by atoms with E-state index in [1.807, 2.05) is 23.1 Å². The van der Waals surface area contributed by atoms with Crippen LogP contribution < -0.4 is 0 Å². The van der Waals surface area contributed by atoms with Gasteiger partial charge >= 0.3 is 0 Å². The van der Waals surface area contributed by atoms with Crippen LogP contribution >= 0.6 is 23.2 Å². The van der Waals surface area contributed by atoms with Crippen molar-refractivity contribution in [2.24, 2.45) is 0 Å². The molecule has 224 valence electrons. The zero-order valence-corrected chi connectivity index (χ0v) is 26.5. The van der Waals surface area contributed by atoms with Gasteiger partial charge in [-0.2, -0.15) is 0 Å². The van der Waals surface area contributed by atoms with Crippen molar-refractivity contribution in [1.29, 1.82) is 0 Å². The fraction of sp³-hybridized carbons (Fsp3) is 0.618. The van der Waals surface area contributed by atoms with Gasteiger partial charge in [-0.15, -0.1) is 0 Å². The molecule has 2 aromatic carbocycles. The van der Waals surface area contributed by atoms with Gasteiger partial charge in [0, 0.05) is 45.3 Å². The summed E-state index contributed by atoms with van der Waals surface area (Å²) in [7, 11) is 0. The lowest BCUT2D eigenvalue weighted by atomic mass is 9.87. The van der Waals surface area contributed by atoms with Gasteiger partial charge < -0.3 is 14.5 Å². The van der Waals surface area contributed by atoms with Crippen LogP contribution in [0.5, 0.6) is 0 Å². The molecule has 0 radical (unpaired) electrons. The Kier molecular flexibility index (Phi) is 10.7. The number of piperazine rings is 1. The fourth-order valence-electron chi connectivity index (χ4n) is 7.02. The van der Waals surface area contributed by atoms with Gasteiger partial charge in [-0.3, -0.25) is 9.69 Å². The molecule has 1 unspecified atom stereocenters. The van der Waals surface area contributed by atoms with Gasteiger partial charge in [0.2, 0.25) is 5.91 Å². The van der Waals surface area contributed by atoms with E-state index in [2.05, 4.69) is 41.8 Å². The molecule has 1 saturated carbocycles. The van der Waals surface area contributed by atoms with E-state index in [9.17, 15) is 4.79 Å². The van der Waals surface area contributed by atoms with Gasteiger partial charge in [-0.1, -0.05) is 80.6 Å². The Morgan fingerprint density at radius 1 is 0.878 bits per heavy atom. The second kappa shape index (κ2) is 14.2. The average molecular weight is 601 g/mol. The molecule has 1 amide bonds. The van der Waals surface area contributed by atoms with Gasteiger partial charge in [0.05, 0.1) is 29.6 Å². The highest BCUT2D eigenvalue weighted by atomic mass is 35.5. The third-order valence-corrected chi connectivity index (χ3v) is 10.3. The summed E-state index contributed by atoms with van der Waals surface area (Å²) in [5.41, 5.74) is 4.09. The summed E-state index contributed by atoms with van der Waals surface area (Å²) in [6.45, 7) is 11.4. The van der Waals surface area contributed by atoms with Crippen molar-refractivity contribution in [3.8, 4) is 0 Å². The molecule has 0 spiro atoms. The zero-order valence-electron chi connectivity index (χ0n) is 25.0. The van der Waals surface area contributed by atoms with E-state index in [-0.39, 0.29) is 5.91 Å². The highest BCUT2D eigenvalue weighted by Gasteiger charge is 2.41. The lowest BCUT2D eigenvalue weighted by Crippen LogP contribution is -2.55. The fourth-order valence-corrected chi connectivity index (χ4v) is 7.32. The number of hydrogen-bond donors (Lipinski definition) is 0. The highest BCUT2D eigenvalue weighted by molar-refractivity contribution is 6.42. The minimum Gasteiger partial charge on any atom is -0.367 e. The van der Waals surface area contributed by atoms with Gasteiger partial charge in [-0.05, 0) is 66.5 Å². The Balaban J connectivity index is 1.28. The number of benzene rings is 2. The summed E-state index contributed by atoms with van der Waals surface area (Å²) in [6.07, 6.45) is 10.1. The predicted molar refractivity (Wildman–Crippen MR) is 169 cm³/mol. The third kappa shape index (κ3) is 7.67. The van der Waals surface area contributed by atoms with Gasteiger partial charge in [0.15, 0.2) is 0 Å². The SMILES string of the molecule is CCc1cc(CC)cc(CC(=O)N2CCOC(CCN3CCN(C4CCCCC4)CC3)(c3ccc(Cl)c(Cl)c3)C2)c1. The van der Waals surface area contributed by atoms with E-state index in [1.165, 1.54) is 43.2 Å². The van der Waals surface area contributed by atoms with Crippen LogP contribution in [0.3, 0.4) is 0 Å². The number of carbonyl (C=O) groups is 1. The number of nitrogens with zero attached hydrogens (tertiary/aromatic N) is 3. The molecule has 2 aromatic rings. The van der Waals surface area contributed by atoms with Crippen LogP contribution in [0.4, 0.5) is 0 Å². The normalized spacial score (nSPS) is 23.2. The molecule has 41 heavy (non-hydrogen) atoms. The zero-order chi connectivity index (χ0) is 28.8. The number of carbonyl (C=O) groups excluding carboxylic acids is 1. The molecule has 1 atom stereocenters. The van der Waals surface area contributed by atoms with Crippen molar-refractivity contribution in [2.45, 2.75) is 83.3 Å². The summed E-state index contributed by atoms with van der Waals surface area (Å²) in [5, 5.41) is 1.07. The maximum absolute atomic E-state index is 13.7. The van der Waals surface area contributed by atoms with E-state index in [4.69, 9.17) is 27.9 Å². The lowest BCUT2D eigenvalue weighted by molar-refractivity contribution is -0.154. The topological polar surface area (TPSA) is 36.0 Å². The van der Waals surface area contributed by atoms with E-state index in [1.54, 1.807) is 0 Å². The maximum Gasteiger partial charge on any atom is 0.227 e. The Bertz CT molecular complexity index is 1150. The van der Waals surface area contributed by atoms with Crippen LogP contribution in [-0.2, 0) is 34.4 Å². The summed E-state index contributed by atoms with van der Waals surface area (Å²) < 4.78 is 6.62.